The molecule has 0 saturated carbocycles. The Morgan fingerprint density at radius 1 is 0.912 bits per heavy atom. The van der Waals surface area contributed by atoms with Gasteiger partial charge in [0.1, 0.15) is 6.04 Å². The number of carbonyl (C=O) groups is 3. The van der Waals surface area contributed by atoms with Crippen molar-refractivity contribution in [1.29, 1.82) is 0 Å². The third-order valence-electron chi connectivity index (χ3n) is 5.27. The smallest absolute Gasteiger partial charge is 0.269 e. The highest BCUT2D eigenvalue weighted by Crippen LogP contribution is 2.27. The standard InChI is InChI=1S/C25H21BrN4O3S/c26-19-11-13-20(14-12-19)29-24(33)21(15-22(31)27-16-17-7-3-1-4-8-17)30(25(29)34)28-23(32)18-9-5-2-6-10-18/h1-14,21H,15-16H2,(H,27,31)(H,28,32)/t21-/m1/s1. The Morgan fingerprint density at radius 3 is 2.18 bits per heavy atom. The van der Waals surface area contributed by atoms with E-state index in [2.05, 4.69) is 26.7 Å². The summed E-state index contributed by atoms with van der Waals surface area (Å²) in [6, 6.07) is 24.1. The fourth-order valence-corrected chi connectivity index (χ4v) is 4.17. The van der Waals surface area contributed by atoms with Crippen LogP contribution in [-0.4, -0.2) is 33.9 Å². The van der Waals surface area contributed by atoms with Crippen LogP contribution in [0.2, 0.25) is 0 Å². The lowest BCUT2D eigenvalue weighted by atomic mass is 10.1. The van der Waals surface area contributed by atoms with Crippen molar-refractivity contribution in [1.82, 2.24) is 15.8 Å². The maximum absolute atomic E-state index is 13.4. The number of halogens is 1. The fourth-order valence-electron chi connectivity index (χ4n) is 3.53. The highest BCUT2D eigenvalue weighted by Gasteiger charge is 2.45. The van der Waals surface area contributed by atoms with Crippen molar-refractivity contribution in [3.05, 3.63) is 101 Å². The molecular weight excluding hydrogens is 516 g/mol. The quantitative estimate of drug-likeness (QED) is 0.449. The van der Waals surface area contributed by atoms with Gasteiger partial charge in [-0.2, -0.15) is 0 Å². The Hall–Kier alpha value is -3.56. The van der Waals surface area contributed by atoms with E-state index in [1.807, 2.05) is 30.3 Å². The number of amides is 3. The van der Waals surface area contributed by atoms with Gasteiger partial charge in [-0.25, -0.2) is 5.01 Å². The number of thiocarbonyl (C=S) groups is 1. The van der Waals surface area contributed by atoms with Gasteiger partial charge in [-0.3, -0.25) is 24.7 Å². The van der Waals surface area contributed by atoms with Crippen LogP contribution in [0.5, 0.6) is 0 Å². The summed E-state index contributed by atoms with van der Waals surface area (Å²) in [4.78, 5) is 40.3. The Labute approximate surface area is 210 Å². The van der Waals surface area contributed by atoms with Crippen LogP contribution in [0.15, 0.2) is 89.4 Å². The Morgan fingerprint density at radius 2 is 1.53 bits per heavy atom. The number of anilines is 1. The molecule has 3 aromatic carbocycles. The van der Waals surface area contributed by atoms with Crippen LogP contribution in [0.3, 0.4) is 0 Å². The van der Waals surface area contributed by atoms with E-state index in [1.54, 1.807) is 54.6 Å². The third kappa shape index (κ3) is 5.32. The average Bonchev–Trinajstić information content (AvgIpc) is 3.08. The van der Waals surface area contributed by atoms with E-state index in [0.717, 1.165) is 10.0 Å². The summed E-state index contributed by atoms with van der Waals surface area (Å²) in [5.74, 6) is -1.15. The van der Waals surface area contributed by atoms with E-state index in [4.69, 9.17) is 12.2 Å². The van der Waals surface area contributed by atoms with E-state index in [-0.39, 0.29) is 17.4 Å². The molecule has 0 unspecified atom stereocenters. The van der Waals surface area contributed by atoms with Crippen molar-refractivity contribution in [2.75, 3.05) is 4.90 Å². The van der Waals surface area contributed by atoms with Crippen LogP contribution < -0.4 is 15.6 Å². The molecule has 0 bridgehead atoms. The number of nitrogens with one attached hydrogen (secondary N) is 2. The molecule has 1 heterocycles. The number of hydrogen-bond acceptors (Lipinski definition) is 4. The van der Waals surface area contributed by atoms with Crippen LogP contribution in [0.25, 0.3) is 0 Å². The molecule has 0 aromatic heterocycles. The molecule has 9 heteroatoms. The molecule has 172 valence electrons. The van der Waals surface area contributed by atoms with Gasteiger partial charge in [0, 0.05) is 16.6 Å². The number of rotatable bonds is 7. The van der Waals surface area contributed by atoms with E-state index in [9.17, 15) is 14.4 Å². The van der Waals surface area contributed by atoms with Gasteiger partial charge in [-0.15, -0.1) is 0 Å². The second-order valence-corrected chi connectivity index (χ2v) is 8.87. The zero-order valence-corrected chi connectivity index (χ0v) is 20.4. The molecule has 2 N–H and O–H groups in total. The van der Waals surface area contributed by atoms with Gasteiger partial charge < -0.3 is 5.32 Å². The van der Waals surface area contributed by atoms with Crippen molar-refractivity contribution in [3.63, 3.8) is 0 Å². The summed E-state index contributed by atoms with van der Waals surface area (Å²) >= 11 is 8.95. The monoisotopic (exact) mass is 536 g/mol. The Bertz CT molecular complexity index is 1210. The first-order valence-corrected chi connectivity index (χ1v) is 11.7. The molecule has 0 spiro atoms. The highest BCUT2D eigenvalue weighted by atomic mass is 79.9. The fraction of sp³-hybridized carbons (Fsp3) is 0.120. The van der Waals surface area contributed by atoms with Gasteiger partial charge in [0.25, 0.3) is 11.8 Å². The largest absolute Gasteiger partial charge is 0.352 e. The second-order valence-electron chi connectivity index (χ2n) is 7.59. The number of benzene rings is 3. The van der Waals surface area contributed by atoms with Gasteiger partial charge in [-0.05, 0) is 54.2 Å². The molecule has 4 rings (SSSR count). The lowest BCUT2D eigenvalue weighted by Crippen LogP contribution is -2.50. The van der Waals surface area contributed by atoms with Crippen molar-refractivity contribution in [3.8, 4) is 0 Å². The number of hydrazine groups is 1. The molecule has 7 nitrogen and oxygen atoms in total. The molecule has 3 amide bonds. The van der Waals surface area contributed by atoms with Gasteiger partial charge in [0.05, 0.1) is 12.1 Å². The lowest BCUT2D eigenvalue weighted by molar-refractivity contribution is -0.127. The van der Waals surface area contributed by atoms with Crippen molar-refractivity contribution < 1.29 is 14.4 Å². The minimum atomic E-state index is -0.986. The number of carbonyl (C=O) groups excluding carboxylic acids is 3. The summed E-state index contributed by atoms with van der Waals surface area (Å²) in [5.41, 5.74) is 4.61. The first kappa shape index (κ1) is 23.6. The van der Waals surface area contributed by atoms with Crippen LogP contribution in [0, 0.1) is 0 Å². The third-order valence-corrected chi connectivity index (χ3v) is 6.18. The van der Waals surface area contributed by atoms with Crippen LogP contribution >= 0.6 is 28.1 Å². The molecule has 1 saturated heterocycles. The lowest BCUT2D eigenvalue weighted by Gasteiger charge is -2.24. The second kappa shape index (κ2) is 10.6. The number of nitrogens with zero attached hydrogens (tertiary/aromatic N) is 2. The summed E-state index contributed by atoms with van der Waals surface area (Å²) < 4.78 is 0.847. The molecule has 0 aliphatic carbocycles. The van der Waals surface area contributed by atoms with Gasteiger partial charge >= 0.3 is 0 Å². The minimum Gasteiger partial charge on any atom is -0.352 e. The topological polar surface area (TPSA) is 81.8 Å². The van der Waals surface area contributed by atoms with Crippen molar-refractivity contribution >= 4 is 56.7 Å². The molecule has 34 heavy (non-hydrogen) atoms. The van der Waals surface area contributed by atoms with E-state index in [1.165, 1.54) is 9.91 Å². The average molecular weight is 537 g/mol. The first-order chi connectivity index (χ1) is 16.4. The predicted octanol–water partition coefficient (Wildman–Crippen LogP) is 3.80. The molecule has 0 radical (unpaired) electrons. The van der Waals surface area contributed by atoms with Crippen molar-refractivity contribution in [2.45, 2.75) is 19.0 Å². The van der Waals surface area contributed by atoms with Gasteiger partial charge in [0.2, 0.25) is 11.0 Å². The molecule has 1 aliphatic heterocycles. The maximum atomic E-state index is 13.4. The Balaban J connectivity index is 1.55. The predicted molar refractivity (Wildman–Crippen MR) is 137 cm³/mol. The summed E-state index contributed by atoms with van der Waals surface area (Å²) in [5, 5.41) is 4.23. The zero-order valence-electron chi connectivity index (χ0n) is 18.0. The molecule has 1 aliphatic rings. The van der Waals surface area contributed by atoms with Crippen LogP contribution in [0.1, 0.15) is 22.3 Å². The Kier molecular flexibility index (Phi) is 7.34. The molecule has 3 aromatic rings. The normalized spacial score (nSPS) is 15.4. The van der Waals surface area contributed by atoms with E-state index >= 15 is 0 Å². The first-order valence-electron chi connectivity index (χ1n) is 10.5. The van der Waals surface area contributed by atoms with Crippen LogP contribution in [-0.2, 0) is 16.1 Å². The number of hydrogen-bond donors (Lipinski definition) is 2. The van der Waals surface area contributed by atoms with Gasteiger partial charge in [0.15, 0.2) is 0 Å². The summed E-state index contributed by atoms with van der Waals surface area (Å²) in [6.07, 6.45) is -0.173. The highest BCUT2D eigenvalue weighted by molar-refractivity contribution is 9.10. The minimum absolute atomic E-state index is 0.0949. The maximum Gasteiger partial charge on any atom is 0.269 e. The summed E-state index contributed by atoms with van der Waals surface area (Å²) in [6.45, 7) is 0.331. The molecular formula is C25H21BrN4O3S. The van der Waals surface area contributed by atoms with Crippen molar-refractivity contribution in [2.24, 2.45) is 0 Å². The SMILES string of the molecule is O=C(C[C@@H]1C(=O)N(c2ccc(Br)cc2)C(=S)N1NC(=O)c1ccccc1)NCc1ccccc1. The molecule has 1 atom stereocenters. The van der Waals surface area contributed by atoms with E-state index in [0.29, 0.717) is 17.8 Å². The molecule has 1 fully saturated rings. The van der Waals surface area contributed by atoms with Gasteiger partial charge in [-0.1, -0.05) is 64.5 Å². The van der Waals surface area contributed by atoms with E-state index < -0.39 is 17.9 Å². The van der Waals surface area contributed by atoms with Crippen LogP contribution in [0.4, 0.5) is 5.69 Å². The summed E-state index contributed by atoms with van der Waals surface area (Å²) in [7, 11) is 0. The zero-order chi connectivity index (χ0) is 24.1.